The van der Waals surface area contributed by atoms with Crippen molar-refractivity contribution in [2.75, 3.05) is 13.1 Å². The Morgan fingerprint density at radius 1 is 0.667 bits per heavy atom. The monoisotopic (exact) mass is 544 g/mol. The Balaban J connectivity index is -0.000000211. The number of alkyl halides is 6. The average molecular weight is 546 g/mol. The predicted molar refractivity (Wildman–Crippen MR) is 104 cm³/mol. The summed E-state index contributed by atoms with van der Waals surface area (Å²) in [5, 5.41) is 6.90. The Morgan fingerprint density at radius 2 is 0.933 bits per heavy atom. The van der Waals surface area contributed by atoms with Gasteiger partial charge in [0.15, 0.2) is 0 Å². The number of rotatable bonds is 8. The van der Waals surface area contributed by atoms with Crippen LogP contribution in [0.4, 0.5) is 26.3 Å². The van der Waals surface area contributed by atoms with E-state index in [2.05, 4.69) is 20.6 Å². The van der Waals surface area contributed by atoms with Crippen LogP contribution in [0.5, 0.6) is 0 Å². The van der Waals surface area contributed by atoms with E-state index in [0.717, 1.165) is 12.8 Å². The third-order valence-electron chi connectivity index (χ3n) is 2.64. The van der Waals surface area contributed by atoms with Gasteiger partial charge in [-0.1, -0.05) is 66.1 Å². The quantitative estimate of drug-likeness (QED) is 0.136. The number of amidine groups is 2. The van der Waals surface area contributed by atoms with Crippen molar-refractivity contribution in [3.05, 3.63) is 10.6 Å². The van der Waals surface area contributed by atoms with Crippen molar-refractivity contribution in [1.82, 2.24) is 0 Å². The van der Waals surface area contributed by atoms with Gasteiger partial charge in [-0.25, -0.2) is 0 Å². The Kier molecular flexibility index (Phi) is 23.7. The molecule has 0 aliphatic rings. The van der Waals surface area contributed by atoms with Crippen molar-refractivity contribution in [2.24, 2.45) is 9.98 Å². The summed E-state index contributed by atoms with van der Waals surface area (Å²) in [6, 6.07) is -0.0120. The van der Waals surface area contributed by atoms with E-state index in [1.54, 1.807) is 0 Å². The summed E-state index contributed by atoms with van der Waals surface area (Å²) in [5.74, 6) is 0.639. The van der Waals surface area contributed by atoms with Crippen LogP contribution < -0.4 is 0 Å². The summed E-state index contributed by atoms with van der Waals surface area (Å²) in [6.45, 7) is 8.80. The molecule has 0 aromatic heterocycles. The largest absolute Gasteiger partial charge is 1.00 e. The number of aliphatic imine (C=N–C) groups is 2. The van der Waals surface area contributed by atoms with E-state index < -0.39 is 25.4 Å². The SMILES string of the molecule is CCCC(=NC(C)C)[N-]CC(F)(F)F.CCCC(=NC(C)C)[N-]CC(F)(F)F.[Cu+].[Cu+]. The number of nitrogens with zero attached hydrogens (tertiary/aromatic N) is 4. The Labute approximate surface area is 197 Å². The van der Waals surface area contributed by atoms with Gasteiger partial charge in [0, 0.05) is 13.1 Å². The standard InChI is InChI=1S/2C9H16F3N2.2Cu/c2*1-4-5-8(14-7(2)3)13-6-9(10,11)12;;/h2*7H,4-6H2,1-3H3;;/q2*-1;2*+1. The van der Waals surface area contributed by atoms with Gasteiger partial charge in [-0.15, -0.1) is 0 Å². The number of hydrogen-bond donors (Lipinski definition) is 0. The Hall–Kier alpha value is -0.441. The summed E-state index contributed by atoms with van der Waals surface area (Å²) in [6.07, 6.45) is -5.93. The third kappa shape index (κ3) is 29.8. The molecular formula is C18H32Cu2F6N4. The van der Waals surface area contributed by atoms with Crippen LogP contribution in [0.2, 0.25) is 0 Å². The van der Waals surface area contributed by atoms with Crippen LogP contribution in [0.15, 0.2) is 9.98 Å². The van der Waals surface area contributed by atoms with Gasteiger partial charge < -0.3 is 20.6 Å². The first kappa shape index (κ1) is 36.9. The van der Waals surface area contributed by atoms with Crippen LogP contribution in [-0.2, 0) is 34.1 Å². The number of hydrogen-bond acceptors (Lipinski definition) is 2. The maximum Gasteiger partial charge on any atom is 1.00 e. The molecule has 30 heavy (non-hydrogen) atoms. The normalized spacial score (nSPS) is 12.6. The van der Waals surface area contributed by atoms with Crippen molar-refractivity contribution in [2.45, 2.75) is 91.7 Å². The molecule has 0 N–H and O–H groups in total. The fourth-order valence-electron chi connectivity index (χ4n) is 1.77. The minimum Gasteiger partial charge on any atom is -0.466 e. The molecule has 0 aromatic rings. The van der Waals surface area contributed by atoms with Crippen LogP contribution in [0.1, 0.15) is 67.2 Å². The summed E-state index contributed by atoms with van der Waals surface area (Å²) >= 11 is 0. The molecule has 0 aliphatic carbocycles. The molecule has 0 atom stereocenters. The maximum atomic E-state index is 11.8. The zero-order valence-electron chi connectivity index (χ0n) is 18.1. The molecule has 0 amide bonds. The molecule has 0 spiro atoms. The van der Waals surface area contributed by atoms with Crippen molar-refractivity contribution in [3.63, 3.8) is 0 Å². The topological polar surface area (TPSA) is 52.9 Å². The smallest absolute Gasteiger partial charge is 0.466 e. The summed E-state index contributed by atoms with van der Waals surface area (Å²) in [7, 11) is 0. The van der Waals surface area contributed by atoms with E-state index in [9.17, 15) is 26.3 Å². The van der Waals surface area contributed by atoms with Crippen LogP contribution in [0, 0.1) is 0 Å². The summed E-state index contributed by atoms with van der Waals surface area (Å²) in [4.78, 5) is 8.04. The first-order valence-electron chi connectivity index (χ1n) is 9.32. The van der Waals surface area contributed by atoms with Crippen LogP contribution >= 0.6 is 0 Å². The van der Waals surface area contributed by atoms with Gasteiger partial charge in [0.25, 0.3) is 0 Å². The van der Waals surface area contributed by atoms with Gasteiger partial charge in [-0.2, -0.15) is 26.3 Å². The van der Waals surface area contributed by atoms with Crippen LogP contribution in [0.3, 0.4) is 0 Å². The second-order valence-electron chi connectivity index (χ2n) is 6.64. The van der Waals surface area contributed by atoms with Gasteiger partial charge in [0.1, 0.15) is 0 Å². The molecular weight excluding hydrogens is 513 g/mol. The first-order valence-corrected chi connectivity index (χ1v) is 9.32. The third-order valence-corrected chi connectivity index (χ3v) is 2.64. The summed E-state index contributed by atoms with van der Waals surface area (Å²) < 4.78 is 71.1. The minimum atomic E-state index is -4.23. The molecule has 0 aromatic carbocycles. The molecule has 0 aliphatic heterocycles. The minimum absolute atomic E-state index is 0. The van der Waals surface area contributed by atoms with E-state index in [4.69, 9.17) is 0 Å². The van der Waals surface area contributed by atoms with E-state index in [0.29, 0.717) is 24.5 Å². The molecule has 0 saturated carbocycles. The second-order valence-corrected chi connectivity index (χ2v) is 6.64. The second kappa shape index (κ2) is 19.3. The Bertz CT molecular complexity index is 423. The van der Waals surface area contributed by atoms with Crippen molar-refractivity contribution in [3.8, 4) is 0 Å². The van der Waals surface area contributed by atoms with Gasteiger partial charge in [0.05, 0.1) is 0 Å². The van der Waals surface area contributed by atoms with Crippen LogP contribution in [0.25, 0.3) is 10.6 Å². The van der Waals surface area contributed by atoms with E-state index in [1.807, 2.05) is 41.5 Å². The van der Waals surface area contributed by atoms with E-state index >= 15 is 0 Å². The molecule has 0 unspecified atom stereocenters. The average Bonchev–Trinajstić information content (AvgIpc) is 2.49. The van der Waals surface area contributed by atoms with Gasteiger partial charge in [-0.3, -0.25) is 0 Å². The summed E-state index contributed by atoms with van der Waals surface area (Å²) in [5.41, 5.74) is 0. The molecule has 0 heterocycles. The molecule has 0 fully saturated rings. The van der Waals surface area contributed by atoms with Crippen molar-refractivity contribution in [1.29, 1.82) is 0 Å². The molecule has 0 saturated heterocycles. The fourth-order valence-corrected chi connectivity index (χ4v) is 1.77. The molecule has 188 valence electrons. The predicted octanol–water partition coefficient (Wildman–Crippen LogP) is 7.05. The molecule has 4 nitrogen and oxygen atoms in total. The van der Waals surface area contributed by atoms with Gasteiger partial charge in [0.2, 0.25) is 0 Å². The van der Waals surface area contributed by atoms with E-state index in [-0.39, 0.29) is 46.2 Å². The molecule has 0 radical (unpaired) electrons. The fraction of sp³-hybridized carbons (Fsp3) is 0.889. The van der Waals surface area contributed by atoms with Crippen molar-refractivity contribution < 1.29 is 60.5 Å². The Morgan fingerprint density at radius 3 is 1.10 bits per heavy atom. The number of halogens is 6. The molecule has 0 rings (SSSR count). The molecule has 0 bridgehead atoms. The zero-order valence-corrected chi connectivity index (χ0v) is 19.9. The molecule has 12 heteroatoms. The first-order chi connectivity index (χ1) is 12.7. The van der Waals surface area contributed by atoms with Gasteiger partial charge >= 0.3 is 46.5 Å². The van der Waals surface area contributed by atoms with E-state index in [1.165, 1.54) is 0 Å². The van der Waals surface area contributed by atoms with Crippen molar-refractivity contribution >= 4 is 11.7 Å². The maximum absolute atomic E-state index is 11.8. The van der Waals surface area contributed by atoms with Crippen LogP contribution in [-0.4, -0.2) is 49.2 Å². The van der Waals surface area contributed by atoms with Gasteiger partial charge in [-0.05, 0) is 24.9 Å². The zero-order chi connectivity index (χ0) is 22.4.